The van der Waals surface area contributed by atoms with Gasteiger partial charge in [0.25, 0.3) is 0 Å². The second-order valence-corrected chi connectivity index (χ2v) is 7.39. The molecular formula is C9H19Cl2O3P. The van der Waals surface area contributed by atoms with E-state index in [0.717, 1.165) is 12.8 Å². The molecule has 0 aromatic rings. The SMILES string of the molecule is CCCCC(Cl)(Cl)P(=O)(OCC)OCC. The fraction of sp³-hybridized carbons (Fsp3) is 1.00. The van der Waals surface area contributed by atoms with E-state index in [9.17, 15) is 4.57 Å². The molecule has 0 saturated carbocycles. The molecule has 0 aromatic carbocycles. The molecule has 0 saturated heterocycles. The highest BCUT2D eigenvalue weighted by atomic mass is 35.5. The molecule has 6 heteroatoms. The third kappa shape index (κ3) is 4.62. The van der Waals surface area contributed by atoms with Gasteiger partial charge in [-0.15, -0.1) is 0 Å². The van der Waals surface area contributed by atoms with E-state index < -0.39 is 11.7 Å². The van der Waals surface area contributed by atoms with Crippen LogP contribution >= 0.6 is 30.8 Å². The summed E-state index contributed by atoms with van der Waals surface area (Å²) >= 11 is 12.1. The summed E-state index contributed by atoms with van der Waals surface area (Å²) in [4.78, 5) is 0. The van der Waals surface area contributed by atoms with Gasteiger partial charge in [-0.05, 0) is 20.3 Å². The second kappa shape index (κ2) is 7.13. The Hall–Kier alpha value is 0.730. The van der Waals surface area contributed by atoms with Crippen LogP contribution < -0.4 is 0 Å². The molecule has 3 nitrogen and oxygen atoms in total. The monoisotopic (exact) mass is 276 g/mol. The summed E-state index contributed by atoms with van der Waals surface area (Å²) in [5.74, 6) is 0. The van der Waals surface area contributed by atoms with Crippen molar-refractivity contribution in [1.82, 2.24) is 0 Å². The topological polar surface area (TPSA) is 35.5 Å². The first kappa shape index (κ1) is 15.7. The predicted octanol–water partition coefficient (Wildman–Crippen LogP) is 4.57. The lowest BCUT2D eigenvalue weighted by molar-refractivity contribution is 0.213. The minimum Gasteiger partial charge on any atom is -0.307 e. The summed E-state index contributed by atoms with van der Waals surface area (Å²) in [5, 5.41) is 0. The van der Waals surface area contributed by atoms with Crippen LogP contribution in [0.2, 0.25) is 0 Å². The van der Waals surface area contributed by atoms with Gasteiger partial charge in [0.05, 0.1) is 13.2 Å². The summed E-state index contributed by atoms with van der Waals surface area (Å²) in [6.45, 7) is 6.01. The van der Waals surface area contributed by atoms with Gasteiger partial charge in [-0.25, -0.2) is 0 Å². The van der Waals surface area contributed by atoms with Crippen molar-refractivity contribution in [3.63, 3.8) is 0 Å². The average molecular weight is 277 g/mol. The van der Waals surface area contributed by atoms with Crippen molar-refractivity contribution >= 4 is 30.8 Å². The Morgan fingerprint density at radius 3 is 1.93 bits per heavy atom. The molecule has 0 fully saturated rings. The summed E-state index contributed by atoms with van der Waals surface area (Å²) in [5.41, 5.74) is 0. The van der Waals surface area contributed by atoms with Crippen LogP contribution in [0, 0.1) is 0 Å². The molecule has 0 heterocycles. The van der Waals surface area contributed by atoms with Crippen molar-refractivity contribution in [3.05, 3.63) is 0 Å². The number of halogens is 2. The van der Waals surface area contributed by atoms with Crippen molar-refractivity contribution in [2.24, 2.45) is 0 Å². The van der Waals surface area contributed by atoms with E-state index in [2.05, 4.69) is 0 Å². The Morgan fingerprint density at radius 1 is 1.13 bits per heavy atom. The molecule has 0 aliphatic heterocycles. The molecule has 92 valence electrons. The van der Waals surface area contributed by atoms with Crippen LogP contribution in [-0.4, -0.2) is 17.3 Å². The molecule has 15 heavy (non-hydrogen) atoms. The van der Waals surface area contributed by atoms with Crippen molar-refractivity contribution in [3.8, 4) is 0 Å². The van der Waals surface area contributed by atoms with Gasteiger partial charge < -0.3 is 9.05 Å². The Bertz CT molecular complexity index is 211. The summed E-state index contributed by atoms with van der Waals surface area (Å²) < 4.78 is 21.0. The fourth-order valence-electron chi connectivity index (χ4n) is 1.09. The first-order valence-electron chi connectivity index (χ1n) is 5.20. The first-order chi connectivity index (χ1) is 6.93. The van der Waals surface area contributed by atoms with Crippen LogP contribution in [0.4, 0.5) is 0 Å². The molecule has 0 rings (SSSR count). The molecule has 0 amide bonds. The second-order valence-electron chi connectivity index (χ2n) is 3.10. The summed E-state index contributed by atoms with van der Waals surface area (Å²) in [7, 11) is -3.42. The highest BCUT2D eigenvalue weighted by molar-refractivity contribution is 7.60. The Labute approximate surface area is 102 Å². The zero-order chi connectivity index (χ0) is 11.9. The van der Waals surface area contributed by atoms with Crippen LogP contribution in [0.5, 0.6) is 0 Å². The maximum absolute atomic E-state index is 12.2. The van der Waals surface area contributed by atoms with Crippen molar-refractivity contribution in [2.75, 3.05) is 13.2 Å². The van der Waals surface area contributed by atoms with E-state index in [1.165, 1.54) is 0 Å². The van der Waals surface area contributed by atoms with Crippen LogP contribution in [0.15, 0.2) is 0 Å². The molecule has 0 N–H and O–H groups in total. The van der Waals surface area contributed by atoms with E-state index in [0.29, 0.717) is 6.42 Å². The highest BCUT2D eigenvalue weighted by Crippen LogP contribution is 2.66. The van der Waals surface area contributed by atoms with E-state index in [4.69, 9.17) is 32.2 Å². The lowest BCUT2D eigenvalue weighted by atomic mass is 10.3. The molecule has 0 atom stereocenters. The number of hydrogen-bond donors (Lipinski definition) is 0. The van der Waals surface area contributed by atoms with Crippen molar-refractivity contribution in [1.29, 1.82) is 0 Å². The highest BCUT2D eigenvalue weighted by Gasteiger charge is 2.47. The number of alkyl halides is 2. The molecule has 0 aliphatic carbocycles. The molecule has 0 unspecified atom stereocenters. The van der Waals surface area contributed by atoms with Crippen LogP contribution in [-0.2, 0) is 13.6 Å². The molecular weight excluding hydrogens is 258 g/mol. The van der Waals surface area contributed by atoms with Gasteiger partial charge in [-0.2, -0.15) is 0 Å². The molecule has 0 bridgehead atoms. The minimum absolute atomic E-state index is 0.268. The Balaban J connectivity index is 4.64. The quantitative estimate of drug-likeness (QED) is 0.481. The normalized spacial score (nSPS) is 13.1. The maximum atomic E-state index is 12.2. The Morgan fingerprint density at radius 2 is 1.60 bits per heavy atom. The lowest BCUT2D eigenvalue weighted by Crippen LogP contribution is -2.17. The minimum atomic E-state index is -3.42. The fourth-order valence-corrected chi connectivity index (χ4v) is 3.51. The van der Waals surface area contributed by atoms with Crippen molar-refractivity contribution < 1.29 is 13.6 Å². The summed E-state index contributed by atoms with van der Waals surface area (Å²) in [6, 6.07) is 0. The average Bonchev–Trinajstić information content (AvgIpc) is 2.15. The molecule has 0 radical (unpaired) electrons. The summed E-state index contributed by atoms with van der Waals surface area (Å²) in [6.07, 6.45) is 2.13. The predicted molar refractivity (Wildman–Crippen MR) is 64.8 cm³/mol. The molecule has 0 spiro atoms. The first-order valence-corrected chi connectivity index (χ1v) is 7.50. The van der Waals surface area contributed by atoms with E-state index in [-0.39, 0.29) is 13.2 Å². The Kier molecular flexibility index (Phi) is 7.48. The maximum Gasteiger partial charge on any atom is 0.366 e. The lowest BCUT2D eigenvalue weighted by Gasteiger charge is -2.28. The van der Waals surface area contributed by atoms with Gasteiger partial charge >= 0.3 is 7.60 Å². The third-order valence-corrected chi connectivity index (χ3v) is 5.67. The molecule has 0 aromatic heterocycles. The van der Waals surface area contributed by atoms with E-state index in [1.54, 1.807) is 13.8 Å². The van der Waals surface area contributed by atoms with Gasteiger partial charge in [0.2, 0.25) is 4.07 Å². The number of hydrogen-bond acceptors (Lipinski definition) is 3. The van der Waals surface area contributed by atoms with Crippen LogP contribution in [0.3, 0.4) is 0 Å². The standard InChI is InChI=1S/C9H19Cl2O3P/c1-4-7-8-9(10,11)15(12,13-5-2)14-6-3/h4-8H2,1-3H3. The zero-order valence-electron chi connectivity index (χ0n) is 9.46. The van der Waals surface area contributed by atoms with E-state index >= 15 is 0 Å². The van der Waals surface area contributed by atoms with Crippen LogP contribution in [0.1, 0.15) is 40.0 Å². The number of unbranched alkanes of at least 4 members (excludes halogenated alkanes) is 1. The smallest absolute Gasteiger partial charge is 0.307 e. The van der Waals surface area contributed by atoms with Gasteiger partial charge in [-0.1, -0.05) is 43.0 Å². The van der Waals surface area contributed by atoms with Gasteiger partial charge in [0.1, 0.15) is 0 Å². The van der Waals surface area contributed by atoms with Crippen molar-refractivity contribution in [2.45, 2.75) is 44.1 Å². The van der Waals surface area contributed by atoms with E-state index in [1.807, 2.05) is 6.92 Å². The third-order valence-electron chi connectivity index (χ3n) is 1.83. The van der Waals surface area contributed by atoms with Gasteiger partial charge in [0.15, 0.2) is 0 Å². The van der Waals surface area contributed by atoms with Crippen LogP contribution in [0.25, 0.3) is 0 Å². The molecule has 0 aliphatic rings. The van der Waals surface area contributed by atoms with Gasteiger partial charge in [-0.3, -0.25) is 4.57 Å². The largest absolute Gasteiger partial charge is 0.366 e. The number of rotatable bonds is 8. The zero-order valence-corrected chi connectivity index (χ0v) is 11.9. The van der Waals surface area contributed by atoms with Gasteiger partial charge in [0, 0.05) is 0 Å².